The maximum absolute atomic E-state index is 12.2. The van der Waals surface area contributed by atoms with E-state index in [-0.39, 0.29) is 22.5 Å². The molecule has 12 nitrogen and oxygen atoms in total. The van der Waals surface area contributed by atoms with E-state index in [1.807, 2.05) is 69.5 Å². The van der Waals surface area contributed by atoms with Crippen LogP contribution in [0.5, 0.6) is 0 Å². The van der Waals surface area contributed by atoms with Gasteiger partial charge in [-0.1, -0.05) is 109 Å². The fourth-order valence-electron chi connectivity index (χ4n) is 8.11. The van der Waals surface area contributed by atoms with E-state index in [1.165, 1.54) is 18.4 Å². The van der Waals surface area contributed by atoms with Gasteiger partial charge in [0.1, 0.15) is 5.69 Å². The Morgan fingerprint density at radius 2 is 1.02 bits per heavy atom. The van der Waals surface area contributed by atoms with Gasteiger partial charge in [-0.05, 0) is 56.6 Å². The van der Waals surface area contributed by atoms with Crippen LogP contribution in [0.1, 0.15) is 77.6 Å². The molecule has 0 spiro atoms. The van der Waals surface area contributed by atoms with Crippen LogP contribution in [0.4, 0.5) is 0 Å². The number of nitrogens with zero attached hydrogens (tertiary/aromatic N) is 6. The Kier molecular flexibility index (Phi) is 10.0. The van der Waals surface area contributed by atoms with Crippen LogP contribution in [0.2, 0.25) is 0 Å². The van der Waals surface area contributed by atoms with E-state index >= 15 is 0 Å². The molecule has 2 aliphatic carbocycles. The molecule has 2 fully saturated rings. The molecule has 0 unspecified atom stereocenters. The summed E-state index contributed by atoms with van der Waals surface area (Å²) in [6, 6.07) is 36.7. The number of carbonyl (C=O) groups excluding carboxylic acids is 2. The van der Waals surface area contributed by atoms with Gasteiger partial charge in [0.25, 0.3) is 5.91 Å². The van der Waals surface area contributed by atoms with Crippen LogP contribution in [0.3, 0.4) is 0 Å². The Bertz CT molecular complexity index is 2840. The van der Waals surface area contributed by atoms with Crippen LogP contribution >= 0.6 is 0 Å². The van der Waals surface area contributed by atoms with E-state index in [0.29, 0.717) is 17.9 Å². The highest BCUT2D eigenvalue weighted by atomic mass is 16.5. The molecule has 0 bridgehead atoms. The molecule has 0 radical (unpaired) electrons. The van der Waals surface area contributed by atoms with Crippen molar-refractivity contribution in [1.29, 1.82) is 0 Å². The summed E-state index contributed by atoms with van der Waals surface area (Å²) in [4.78, 5) is 41.9. The molecule has 12 heteroatoms. The lowest BCUT2D eigenvalue weighted by atomic mass is 9.72. The highest BCUT2D eigenvalue weighted by Gasteiger charge is 2.35. The van der Waals surface area contributed by atoms with E-state index in [0.717, 1.165) is 76.3 Å². The number of benzene rings is 4. The molecule has 60 heavy (non-hydrogen) atoms. The monoisotopic (exact) mass is 795 g/mol. The average molecular weight is 796 g/mol. The predicted octanol–water partition coefficient (Wildman–Crippen LogP) is 8.08. The van der Waals surface area contributed by atoms with Gasteiger partial charge in [-0.25, -0.2) is 24.7 Å². The number of esters is 1. The Balaban J connectivity index is 0.000000154. The fraction of sp³-hybridized carbons (Fsp3) is 0.208. The van der Waals surface area contributed by atoms with Crippen molar-refractivity contribution in [2.45, 2.75) is 56.5 Å². The van der Waals surface area contributed by atoms with Crippen molar-refractivity contribution in [3.8, 4) is 45.0 Å². The molecule has 6 N–H and O–H groups in total. The minimum atomic E-state index is -0.570. The Labute approximate surface area is 347 Å². The maximum atomic E-state index is 12.2. The lowest BCUT2D eigenvalue weighted by molar-refractivity contribution is 0.0518. The first-order chi connectivity index (χ1) is 29.1. The lowest BCUT2D eigenvalue weighted by Gasteiger charge is -2.38. The van der Waals surface area contributed by atoms with Gasteiger partial charge in [0, 0.05) is 45.7 Å². The quantitative estimate of drug-likeness (QED) is 0.122. The highest BCUT2D eigenvalue weighted by molar-refractivity contribution is 5.91. The number of primary amides is 1. The van der Waals surface area contributed by atoms with E-state index in [4.69, 9.17) is 31.9 Å². The molecular formula is C48H45N9O3. The number of hydrogen-bond acceptors (Lipinski definition) is 9. The van der Waals surface area contributed by atoms with Crippen LogP contribution < -0.4 is 17.2 Å². The van der Waals surface area contributed by atoms with Crippen molar-refractivity contribution >= 4 is 23.2 Å². The summed E-state index contributed by atoms with van der Waals surface area (Å²) in [6.07, 6.45) is 13.0. The van der Waals surface area contributed by atoms with E-state index in [1.54, 1.807) is 31.7 Å². The zero-order valence-electron chi connectivity index (χ0n) is 33.3. The van der Waals surface area contributed by atoms with Gasteiger partial charge < -0.3 is 21.9 Å². The minimum absolute atomic E-state index is 0.194. The minimum Gasteiger partial charge on any atom is -0.461 e. The maximum Gasteiger partial charge on any atom is 0.358 e. The summed E-state index contributed by atoms with van der Waals surface area (Å²) in [6.45, 7) is 2.08. The molecule has 4 aromatic heterocycles. The zero-order valence-corrected chi connectivity index (χ0v) is 33.3. The molecule has 0 aliphatic heterocycles. The number of carbonyl (C=O) groups is 2. The number of ether oxygens (including phenoxy) is 1. The number of fused-ring (bicyclic) bond motifs is 2. The fourth-order valence-corrected chi connectivity index (χ4v) is 8.11. The third-order valence-electron chi connectivity index (χ3n) is 11.8. The smallest absolute Gasteiger partial charge is 0.358 e. The summed E-state index contributed by atoms with van der Waals surface area (Å²) in [5.41, 5.74) is 29.5. The second-order valence-corrected chi connectivity index (χ2v) is 15.6. The first-order valence-corrected chi connectivity index (χ1v) is 20.3. The number of amides is 1. The Hall–Kier alpha value is -7.02. The van der Waals surface area contributed by atoms with Crippen molar-refractivity contribution < 1.29 is 14.3 Å². The van der Waals surface area contributed by atoms with Crippen LogP contribution in [0.25, 0.3) is 56.3 Å². The first-order valence-electron chi connectivity index (χ1n) is 20.3. The van der Waals surface area contributed by atoms with Crippen molar-refractivity contribution in [3.63, 3.8) is 0 Å². The van der Waals surface area contributed by atoms with Gasteiger partial charge in [-0.2, -0.15) is 0 Å². The molecule has 4 heterocycles. The largest absolute Gasteiger partial charge is 0.461 e. The van der Waals surface area contributed by atoms with Gasteiger partial charge in [-0.3, -0.25) is 13.6 Å². The first kappa shape index (κ1) is 38.5. The second kappa shape index (κ2) is 15.6. The Morgan fingerprint density at radius 1 is 0.600 bits per heavy atom. The number of rotatable bonds is 9. The highest BCUT2D eigenvalue weighted by Crippen LogP contribution is 2.41. The molecule has 8 aromatic rings. The van der Waals surface area contributed by atoms with Crippen molar-refractivity contribution in [3.05, 3.63) is 156 Å². The van der Waals surface area contributed by atoms with Gasteiger partial charge in [-0.15, -0.1) is 0 Å². The molecule has 1 amide bonds. The summed E-state index contributed by atoms with van der Waals surface area (Å²) >= 11 is 0. The summed E-state index contributed by atoms with van der Waals surface area (Å²) < 4.78 is 8.92. The summed E-state index contributed by atoms with van der Waals surface area (Å²) in [5.74, 6) is -1.02. The molecule has 2 saturated carbocycles. The standard InChI is InChI=1S/C25H24N4O2.C23H21N5O/c1-2-31-24(30)20-16-29-21(15-27-20)28-22(23(29)18-7-4-3-5-8-18)17-9-11-19(12-10-17)25(26)13-6-14-25;24-22(29)18-14-28-19(13-26-18)27-20(21(28)16-5-2-1-3-6-16)15-7-9-17(10-8-15)23(25)11-4-12-23/h3-5,7-12,15-16H,2,6,13-14,26H2,1H3;1-3,5-10,13-14H,4,11-12,25H2,(H2,24,29). The van der Waals surface area contributed by atoms with Gasteiger partial charge in [0.2, 0.25) is 0 Å². The van der Waals surface area contributed by atoms with Crippen LogP contribution in [-0.4, -0.2) is 47.2 Å². The molecule has 10 rings (SSSR count). The van der Waals surface area contributed by atoms with Crippen molar-refractivity contribution in [2.24, 2.45) is 17.2 Å². The van der Waals surface area contributed by atoms with Gasteiger partial charge in [0.05, 0.1) is 41.8 Å². The topological polar surface area (TPSA) is 182 Å². The third kappa shape index (κ3) is 7.09. The normalized spacial score (nSPS) is 15.1. The molecule has 300 valence electrons. The van der Waals surface area contributed by atoms with Crippen LogP contribution in [-0.2, 0) is 15.8 Å². The van der Waals surface area contributed by atoms with Gasteiger partial charge in [0.15, 0.2) is 17.0 Å². The van der Waals surface area contributed by atoms with E-state index < -0.39 is 11.9 Å². The van der Waals surface area contributed by atoms with Crippen LogP contribution in [0.15, 0.2) is 134 Å². The lowest BCUT2D eigenvalue weighted by Crippen LogP contribution is -2.43. The number of nitrogens with two attached hydrogens (primary N) is 3. The zero-order chi connectivity index (χ0) is 41.4. The van der Waals surface area contributed by atoms with E-state index in [2.05, 4.69) is 58.5 Å². The molecule has 0 atom stereocenters. The molecule has 4 aromatic carbocycles. The number of aromatic nitrogens is 6. The average Bonchev–Trinajstić information content (AvgIpc) is 3.84. The molecular weight excluding hydrogens is 751 g/mol. The predicted molar refractivity (Wildman–Crippen MR) is 232 cm³/mol. The van der Waals surface area contributed by atoms with Gasteiger partial charge >= 0.3 is 5.97 Å². The number of imidazole rings is 2. The molecule has 2 aliphatic rings. The third-order valence-corrected chi connectivity index (χ3v) is 11.8. The summed E-state index contributed by atoms with van der Waals surface area (Å²) in [5, 5.41) is 0. The summed E-state index contributed by atoms with van der Waals surface area (Å²) in [7, 11) is 0. The molecule has 0 saturated heterocycles. The number of hydrogen-bond donors (Lipinski definition) is 3. The SMILES string of the molecule is CCOC(=O)c1cn2c(-c3ccccc3)c(-c3ccc(C4(N)CCC4)cc3)nc2cn1.NC(=O)c1cn2c(-c3ccccc3)c(-c3ccc(C4(N)CCC4)cc3)nc2cn1. The second-order valence-electron chi connectivity index (χ2n) is 15.6. The van der Waals surface area contributed by atoms with Crippen molar-refractivity contribution in [1.82, 2.24) is 28.7 Å². The van der Waals surface area contributed by atoms with E-state index in [9.17, 15) is 9.59 Å². The van der Waals surface area contributed by atoms with Crippen molar-refractivity contribution in [2.75, 3.05) is 6.61 Å². The van der Waals surface area contributed by atoms with Crippen LogP contribution in [0, 0.1) is 0 Å². The Morgan fingerprint density at radius 3 is 1.40 bits per heavy atom.